The van der Waals surface area contributed by atoms with E-state index in [-0.39, 0.29) is 11.8 Å². The highest BCUT2D eigenvalue weighted by Crippen LogP contribution is 2.23. The number of hydrogen-bond acceptors (Lipinski definition) is 3. The monoisotopic (exact) mass is 342 g/mol. The van der Waals surface area contributed by atoms with Gasteiger partial charge in [0.2, 0.25) is 11.8 Å². The number of anilines is 2. The summed E-state index contributed by atoms with van der Waals surface area (Å²) in [5.41, 5.74) is 2.40. The maximum atomic E-state index is 12.1. The molecule has 0 fully saturated rings. The van der Waals surface area contributed by atoms with Gasteiger partial charge in [0.15, 0.2) is 0 Å². The molecule has 0 spiro atoms. The largest absolute Gasteiger partial charge is 0.326 e. The summed E-state index contributed by atoms with van der Waals surface area (Å²) in [4.78, 5) is 24.3. The number of rotatable bonds is 6. The van der Waals surface area contributed by atoms with E-state index in [1.54, 1.807) is 36.0 Å². The Morgan fingerprint density at radius 3 is 1.96 bits per heavy atom. The van der Waals surface area contributed by atoms with Crippen LogP contribution in [0.2, 0.25) is 0 Å². The molecule has 0 saturated heterocycles. The second-order valence-electron chi connectivity index (χ2n) is 5.79. The minimum absolute atomic E-state index is 0.0634. The van der Waals surface area contributed by atoms with E-state index in [0.29, 0.717) is 23.0 Å². The number of carbonyl (C=O) groups excluding carboxylic acids is 2. The van der Waals surface area contributed by atoms with Gasteiger partial charge in [0.05, 0.1) is 6.42 Å². The van der Waals surface area contributed by atoms with Gasteiger partial charge in [-0.15, -0.1) is 11.8 Å². The molecule has 2 amide bonds. The van der Waals surface area contributed by atoms with Crippen LogP contribution in [0.5, 0.6) is 0 Å². The Labute approximate surface area is 147 Å². The van der Waals surface area contributed by atoms with Gasteiger partial charge >= 0.3 is 0 Å². The van der Waals surface area contributed by atoms with Crippen molar-refractivity contribution in [1.29, 1.82) is 0 Å². The zero-order valence-corrected chi connectivity index (χ0v) is 14.9. The van der Waals surface area contributed by atoms with E-state index < -0.39 is 0 Å². The fourth-order valence-electron chi connectivity index (χ4n) is 2.19. The molecular formula is C19H22N2O2S. The summed E-state index contributed by atoms with van der Waals surface area (Å²) in [6.07, 6.45) is 0.333. The van der Waals surface area contributed by atoms with Gasteiger partial charge in [0.25, 0.3) is 0 Å². The average molecular weight is 342 g/mol. The maximum absolute atomic E-state index is 12.1. The van der Waals surface area contributed by atoms with Crippen LogP contribution >= 0.6 is 11.8 Å². The van der Waals surface area contributed by atoms with Crippen LogP contribution in [-0.2, 0) is 16.0 Å². The molecule has 2 aromatic carbocycles. The van der Waals surface area contributed by atoms with Crippen LogP contribution in [0, 0.1) is 0 Å². The average Bonchev–Trinajstić information content (AvgIpc) is 2.50. The molecule has 0 unspecified atom stereocenters. The number of hydrogen-bond donors (Lipinski definition) is 2. The lowest BCUT2D eigenvalue weighted by atomic mass is 10.1. The van der Waals surface area contributed by atoms with E-state index in [4.69, 9.17) is 0 Å². The minimum atomic E-state index is -0.120. The van der Waals surface area contributed by atoms with Crippen molar-refractivity contribution < 1.29 is 9.59 Å². The predicted molar refractivity (Wildman–Crippen MR) is 101 cm³/mol. The lowest BCUT2D eigenvalue weighted by Crippen LogP contribution is -2.14. The second-order valence-corrected chi connectivity index (χ2v) is 7.44. The first-order chi connectivity index (χ1) is 11.4. The van der Waals surface area contributed by atoms with E-state index in [0.717, 1.165) is 5.56 Å². The fourth-order valence-corrected chi connectivity index (χ4v) is 3.03. The molecule has 5 heteroatoms. The molecule has 24 heavy (non-hydrogen) atoms. The number of thioether (sulfide) groups is 1. The van der Waals surface area contributed by atoms with Crippen LogP contribution in [0.3, 0.4) is 0 Å². The fraction of sp³-hybridized carbons (Fsp3) is 0.263. The van der Waals surface area contributed by atoms with E-state index in [1.165, 1.54) is 11.8 Å². The smallest absolute Gasteiger partial charge is 0.228 e. The van der Waals surface area contributed by atoms with Crippen molar-refractivity contribution in [2.45, 2.75) is 37.3 Å². The van der Waals surface area contributed by atoms with E-state index in [2.05, 4.69) is 36.6 Å². The molecule has 0 aliphatic heterocycles. The highest BCUT2D eigenvalue weighted by Gasteiger charge is 2.05. The van der Waals surface area contributed by atoms with Crippen LogP contribution in [0.15, 0.2) is 53.4 Å². The molecule has 126 valence electrons. The molecule has 0 saturated carbocycles. The van der Waals surface area contributed by atoms with E-state index in [1.807, 2.05) is 12.1 Å². The number of carbonyl (C=O) groups is 2. The van der Waals surface area contributed by atoms with Gasteiger partial charge in [-0.2, -0.15) is 0 Å². The first-order valence-electron chi connectivity index (χ1n) is 7.85. The SMILES string of the molecule is CC(=O)Nc1ccc(NC(=O)Cc2ccc(SC(C)C)cc2)cc1. The van der Waals surface area contributed by atoms with Crippen molar-refractivity contribution in [3.8, 4) is 0 Å². The summed E-state index contributed by atoms with van der Waals surface area (Å²) >= 11 is 1.80. The van der Waals surface area contributed by atoms with Crippen molar-refractivity contribution in [2.75, 3.05) is 10.6 Å². The second kappa shape index (κ2) is 8.55. The van der Waals surface area contributed by atoms with Gasteiger partial charge in [-0.05, 0) is 42.0 Å². The van der Waals surface area contributed by atoms with Crippen molar-refractivity contribution in [2.24, 2.45) is 0 Å². The predicted octanol–water partition coefficient (Wildman–Crippen LogP) is 4.33. The molecule has 2 aromatic rings. The molecule has 0 radical (unpaired) electrons. The Hall–Kier alpha value is -2.27. The van der Waals surface area contributed by atoms with Gasteiger partial charge in [0, 0.05) is 28.4 Å². The van der Waals surface area contributed by atoms with Gasteiger partial charge in [-0.3, -0.25) is 9.59 Å². The molecule has 0 aliphatic rings. The topological polar surface area (TPSA) is 58.2 Å². The van der Waals surface area contributed by atoms with Gasteiger partial charge in [-0.1, -0.05) is 26.0 Å². The Morgan fingerprint density at radius 2 is 1.46 bits per heavy atom. The molecule has 2 rings (SSSR count). The molecule has 0 bridgehead atoms. The summed E-state index contributed by atoms with van der Waals surface area (Å²) in [6, 6.07) is 15.1. The highest BCUT2D eigenvalue weighted by atomic mass is 32.2. The molecule has 0 heterocycles. The third-order valence-electron chi connectivity index (χ3n) is 3.15. The van der Waals surface area contributed by atoms with Crippen LogP contribution < -0.4 is 10.6 Å². The number of amides is 2. The third-order valence-corrected chi connectivity index (χ3v) is 4.16. The van der Waals surface area contributed by atoms with Crippen molar-refractivity contribution in [3.63, 3.8) is 0 Å². The summed E-state index contributed by atoms with van der Waals surface area (Å²) < 4.78 is 0. The Morgan fingerprint density at radius 1 is 0.917 bits per heavy atom. The first-order valence-corrected chi connectivity index (χ1v) is 8.73. The molecule has 0 aliphatic carbocycles. The van der Waals surface area contributed by atoms with Gasteiger partial charge < -0.3 is 10.6 Å². The summed E-state index contributed by atoms with van der Waals surface area (Å²) in [7, 11) is 0. The van der Waals surface area contributed by atoms with Crippen molar-refractivity contribution in [3.05, 3.63) is 54.1 Å². The van der Waals surface area contributed by atoms with Crippen LogP contribution in [0.25, 0.3) is 0 Å². The standard InChI is InChI=1S/C19H22N2O2S/c1-13(2)24-18-10-4-15(5-11-18)12-19(23)21-17-8-6-16(7-9-17)20-14(3)22/h4-11,13H,12H2,1-3H3,(H,20,22)(H,21,23). The summed E-state index contributed by atoms with van der Waals surface area (Å²) in [5, 5.41) is 6.09. The van der Waals surface area contributed by atoms with Crippen molar-refractivity contribution in [1.82, 2.24) is 0 Å². The zero-order chi connectivity index (χ0) is 17.5. The molecule has 4 nitrogen and oxygen atoms in total. The Kier molecular flexibility index (Phi) is 6.44. The zero-order valence-electron chi connectivity index (χ0n) is 14.1. The summed E-state index contributed by atoms with van der Waals surface area (Å²) in [6.45, 7) is 5.77. The highest BCUT2D eigenvalue weighted by molar-refractivity contribution is 7.99. The molecule has 0 atom stereocenters. The van der Waals surface area contributed by atoms with E-state index >= 15 is 0 Å². The molecule has 2 N–H and O–H groups in total. The third kappa shape index (κ3) is 6.08. The van der Waals surface area contributed by atoms with Crippen LogP contribution in [0.1, 0.15) is 26.3 Å². The lowest BCUT2D eigenvalue weighted by molar-refractivity contribution is -0.116. The normalized spacial score (nSPS) is 10.5. The quantitative estimate of drug-likeness (QED) is 0.768. The first kappa shape index (κ1) is 18.1. The molecular weight excluding hydrogens is 320 g/mol. The minimum Gasteiger partial charge on any atom is -0.326 e. The Balaban J connectivity index is 1.89. The number of nitrogens with one attached hydrogen (secondary N) is 2. The summed E-state index contributed by atoms with van der Waals surface area (Å²) in [5.74, 6) is -0.183. The maximum Gasteiger partial charge on any atom is 0.228 e. The Bertz CT molecular complexity index is 694. The van der Waals surface area contributed by atoms with Crippen molar-refractivity contribution >= 4 is 35.0 Å². The lowest BCUT2D eigenvalue weighted by Gasteiger charge is -2.08. The van der Waals surface area contributed by atoms with E-state index in [9.17, 15) is 9.59 Å². The number of benzene rings is 2. The van der Waals surface area contributed by atoms with Gasteiger partial charge in [-0.25, -0.2) is 0 Å². The van der Waals surface area contributed by atoms with Crippen LogP contribution in [0.4, 0.5) is 11.4 Å². The van der Waals surface area contributed by atoms with Gasteiger partial charge in [0.1, 0.15) is 0 Å². The molecule has 0 aromatic heterocycles. The van der Waals surface area contributed by atoms with Crippen LogP contribution in [-0.4, -0.2) is 17.1 Å².